The molecule has 0 aliphatic heterocycles. The fourth-order valence-corrected chi connectivity index (χ4v) is 1.60. The minimum Gasteiger partial charge on any atom is -0.480 e. The molecule has 0 saturated heterocycles. The van der Waals surface area contributed by atoms with E-state index in [0.29, 0.717) is 10.6 Å². The monoisotopic (exact) mass is 238 g/mol. The Hall–Kier alpha value is -0.440. The molecular formula is C8H5Cl3O2. The Morgan fingerprint density at radius 2 is 2.00 bits per heavy atom. The van der Waals surface area contributed by atoms with E-state index < -0.39 is 11.3 Å². The largest absolute Gasteiger partial charge is 0.480 e. The smallest absolute Gasteiger partial charge is 0.326 e. The normalized spacial score (nSPS) is 12.5. The summed E-state index contributed by atoms with van der Waals surface area (Å²) in [6.45, 7) is 0. The van der Waals surface area contributed by atoms with Crippen LogP contribution in [0.5, 0.6) is 0 Å². The van der Waals surface area contributed by atoms with Crippen LogP contribution in [0, 0.1) is 0 Å². The van der Waals surface area contributed by atoms with E-state index in [1.165, 1.54) is 12.1 Å². The van der Waals surface area contributed by atoms with Crippen LogP contribution in [0.2, 0.25) is 10.0 Å². The molecule has 1 aromatic carbocycles. The van der Waals surface area contributed by atoms with Gasteiger partial charge in [0.2, 0.25) is 0 Å². The van der Waals surface area contributed by atoms with E-state index in [9.17, 15) is 4.79 Å². The van der Waals surface area contributed by atoms with E-state index >= 15 is 0 Å². The van der Waals surface area contributed by atoms with Gasteiger partial charge in [0.1, 0.15) is 0 Å². The van der Waals surface area contributed by atoms with Crippen LogP contribution in [-0.4, -0.2) is 11.1 Å². The molecule has 1 unspecified atom stereocenters. The minimum atomic E-state index is -1.13. The maximum Gasteiger partial charge on any atom is 0.326 e. The second-order valence-corrected chi connectivity index (χ2v) is 3.65. The predicted molar refractivity (Wildman–Crippen MR) is 52.7 cm³/mol. The van der Waals surface area contributed by atoms with Gasteiger partial charge in [-0.25, -0.2) is 0 Å². The van der Waals surface area contributed by atoms with Gasteiger partial charge in [0.25, 0.3) is 0 Å². The molecule has 0 fully saturated rings. The molecule has 0 saturated carbocycles. The van der Waals surface area contributed by atoms with Gasteiger partial charge in [-0.05, 0) is 17.7 Å². The number of carboxylic acids is 1. The van der Waals surface area contributed by atoms with Crippen molar-refractivity contribution < 1.29 is 9.90 Å². The van der Waals surface area contributed by atoms with Gasteiger partial charge in [-0.2, -0.15) is 0 Å². The average Bonchev–Trinajstić information content (AvgIpc) is 2.03. The zero-order chi connectivity index (χ0) is 10.0. The van der Waals surface area contributed by atoms with Gasteiger partial charge < -0.3 is 5.11 Å². The molecule has 1 aromatic rings. The van der Waals surface area contributed by atoms with Crippen LogP contribution < -0.4 is 0 Å². The summed E-state index contributed by atoms with van der Waals surface area (Å²) in [6.07, 6.45) is 0. The molecule has 5 heteroatoms. The Labute approximate surface area is 90.0 Å². The van der Waals surface area contributed by atoms with Crippen LogP contribution in [0.15, 0.2) is 18.2 Å². The Kier molecular flexibility index (Phi) is 3.42. The molecule has 0 amide bonds. The van der Waals surface area contributed by atoms with E-state index in [1.54, 1.807) is 6.07 Å². The third-order valence-electron chi connectivity index (χ3n) is 1.45. The Balaban J connectivity index is 3.08. The van der Waals surface area contributed by atoms with Crippen molar-refractivity contribution in [1.82, 2.24) is 0 Å². The molecule has 0 aromatic heterocycles. The van der Waals surface area contributed by atoms with E-state index in [4.69, 9.17) is 39.9 Å². The fraction of sp³-hybridized carbons (Fsp3) is 0.125. The van der Waals surface area contributed by atoms with Gasteiger partial charge in [0.05, 0.1) is 0 Å². The Morgan fingerprint density at radius 1 is 1.38 bits per heavy atom. The van der Waals surface area contributed by atoms with Crippen molar-refractivity contribution in [2.45, 2.75) is 5.38 Å². The summed E-state index contributed by atoms with van der Waals surface area (Å²) in [7, 11) is 0. The fourth-order valence-electron chi connectivity index (χ4n) is 0.840. The number of carboxylic acid groups (broad SMARTS) is 1. The quantitative estimate of drug-likeness (QED) is 0.804. The van der Waals surface area contributed by atoms with Crippen LogP contribution in [0.4, 0.5) is 0 Å². The van der Waals surface area contributed by atoms with E-state index in [1.807, 2.05) is 0 Å². The van der Waals surface area contributed by atoms with Crippen LogP contribution in [-0.2, 0) is 4.79 Å². The van der Waals surface area contributed by atoms with Crippen molar-refractivity contribution in [3.63, 3.8) is 0 Å². The number of carbonyl (C=O) groups is 1. The summed E-state index contributed by atoms with van der Waals surface area (Å²) in [6, 6.07) is 4.49. The summed E-state index contributed by atoms with van der Waals surface area (Å²) in [5, 5.41) is 8.18. The summed E-state index contributed by atoms with van der Waals surface area (Å²) in [4.78, 5) is 10.5. The van der Waals surface area contributed by atoms with Crippen LogP contribution in [0.3, 0.4) is 0 Å². The highest BCUT2D eigenvalue weighted by Crippen LogP contribution is 2.29. The van der Waals surface area contributed by atoms with Crippen molar-refractivity contribution in [2.24, 2.45) is 0 Å². The number of aliphatic carboxylic acids is 1. The first-order valence-electron chi connectivity index (χ1n) is 3.34. The number of rotatable bonds is 2. The SMILES string of the molecule is O=C(O)C(Cl)c1ccc(Cl)cc1Cl. The topological polar surface area (TPSA) is 37.3 Å². The summed E-state index contributed by atoms with van der Waals surface area (Å²) in [5.41, 5.74) is 0.347. The molecule has 0 spiro atoms. The van der Waals surface area contributed by atoms with E-state index in [0.717, 1.165) is 0 Å². The lowest BCUT2D eigenvalue weighted by molar-refractivity contribution is -0.136. The zero-order valence-electron chi connectivity index (χ0n) is 6.30. The van der Waals surface area contributed by atoms with Gasteiger partial charge in [0, 0.05) is 10.0 Å². The predicted octanol–water partition coefficient (Wildman–Crippen LogP) is 3.36. The van der Waals surface area contributed by atoms with Crippen molar-refractivity contribution in [3.05, 3.63) is 33.8 Å². The lowest BCUT2D eigenvalue weighted by atomic mass is 10.1. The maximum atomic E-state index is 10.5. The number of halogens is 3. The van der Waals surface area contributed by atoms with Crippen molar-refractivity contribution in [1.29, 1.82) is 0 Å². The van der Waals surface area contributed by atoms with Gasteiger partial charge in [-0.3, -0.25) is 4.79 Å². The highest BCUT2D eigenvalue weighted by molar-refractivity contribution is 6.37. The first-order valence-corrected chi connectivity index (χ1v) is 4.53. The third kappa shape index (κ3) is 2.50. The number of benzene rings is 1. The van der Waals surface area contributed by atoms with E-state index in [2.05, 4.69) is 0 Å². The van der Waals surface area contributed by atoms with Gasteiger partial charge in [-0.1, -0.05) is 29.3 Å². The highest BCUT2D eigenvalue weighted by atomic mass is 35.5. The maximum absolute atomic E-state index is 10.5. The van der Waals surface area contributed by atoms with E-state index in [-0.39, 0.29) is 5.02 Å². The third-order valence-corrected chi connectivity index (χ3v) is 2.44. The van der Waals surface area contributed by atoms with Crippen LogP contribution in [0.1, 0.15) is 10.9 Å². The summed E-state index contributed by atoms with van der Waals surface area (Å²) >= 11 is 16.9. The molecule has 0 heterocycles. The molecule has 0 radical (unpaired) electrons. The van der Waals surface area contributed by atoms with Crippen molar-refractivity contribution in [2.75, 3.05) is 0 Å². The summed E-state index contributed by atoms with van der Waals surface area (Å²) in [5.74, 6) is -1.13. The first kappa shape index (κ1) is 10.6. The minimum absolute atomic E-state index is 0.259. The number of alkyl halides is 1. The Morgan fingerprint density at radius 3 is 2.46 bits per heavy atom. The van der Waals surface area contributed by atoms with Gasteiger partial charge in [-0.15, -0.1) is 11.6 Å². The van der Waals surface area contributed by atoms with Crippen LogP contribution >= 0.6 is 34.8 Å². The van der Waals surface area contributed by atoms with Crippen molar-refractivity contribution in [3.8, 4) is 0 Å². The molecule has 2 nitrogen and oxygen atoms in total. The molecule has 1 N–H and O–H groups in total. The molecule has 0 bridgehead atoms. The van der Waals surface area contributed by atoms with Crippen molar-refractivity contribution >= 4 is 40.8 Å². The standard InChI is InChI=1S/C8H5Cl3O2/c9-4-1-2-5(6(10)3-4)7(11)8(12)13/h1-3,7H,(H,12,13). The van der Waals surface area contributed by atoms with Gasteiger partial charge >= 0.3 is 5.97 Å². The summed E-state index contributed by atoms with van der Waals surface area (Å²) < 4.78 is 0. The number of hydrogen-bond donors (Lipinski definition) is 1. The molecule has 0 aliphatic rings. The molecular weight excluding hydrogens is 234 g/mol. The lowest BCUT2D eigenvalue weighted by Crippen LogP contribution is -2.05. The average molecular weight is 239 g/mol. The first-order chi connectivity index (χ1) is 6.02. The van der Waals surface area contributed by atoms with Gasteiger partial charge in [0.15, 0.2) is 5.38 Å². The Bertz CT molecular complexity index is 338. The molecule has 1 atom stereocenters. The highest BCUT2D eigenvalue weighted by Gasteiger charge is 2.18. The molecule has 70 valence electrons. The number of hydrogen-bond acceptors (Lipinski definition) is 1. The lowest BCUT2D eigenvalue weighted by Gasteiger charge is -2.06. The second kappa shape index (κ2) is 4.18. The molecule has 13 heavy (non-hydrogen) atoms. The van der Waals surface area contributed by atoms with Crippen LogP contribution in [0.25, 0.3) is 0 Å². The molecule has 1 rings (SSSR count). The zero-order valence-corrected chi connectivity index (χ0v) is 8.57. The second-order valence-electron chi connectivity index (χ2n) is 2.37. The molecule has 0 aliphatic carbocycles.